The molecule has 0 saturated heterocycles. The molecule has 3 nitrogen and oxygen atoms in total. The zero-order valence-electron chi connectivity index (χ0n) is 11.8. The lowest BCUT2D eigenvalue weighted by Gasteiger charge is -2.26. The van der Waals surface area contributed by atoms with Crippen LogP contribution in [0.25, 0.3) is 0 Å². The second-order valence-electron chi connectivity index (χ2n) is 5.03. The third-order valence-corrected chi connectivity index (χ3v) is 3.61. The third-order valence-electron chi connectivity index (χ3n) is 3.61. The number of anilines is 1. The van der Waals surface area contributed by atoms with Gasteiger partial charge in [0.1, 0.15) is 0 Å². The molecule has 2 rings (SSSR count). The molecule has 0 radical (unpaired) electrons. The van der Waals surface area contributed by atoms with Gasteiger partial charge in [0.25, 0.3) is 0 Å². The van der Waals surface area contributed by atoms with Crippen molar-refractivity contribution in [2.45, 2.75) is 12.3 Å². The number of likely N-dealkylation sites (N-methyl/N-ethyl adjacent to an activating group) is 1. The molecular formula is C16H23N3. The van der Waals surface area contributed by atoms with Gasteiger partial charge in [-0.05, 0) is 37.2 Å². The van der Waals surface area contributed by atoms with E-state index in [-0.39, 0.29) is 0 Å². The van der Waals surface area contributed by atoms with E-state index in [0.29, 0.717) is 5.92 Å². The van der Waals surface area contributed by atoms with Crippen LogP contribution in [0, 0.1) is 0 Å². The fourth-order valence-corrected chi connectivity index (χ4v) is 2.55. The number of aryl methyl sites for hydroxylation is 1. The van der Waals surface area contributed by atoms with Crippen LogP contribution >= 0.6 is 0 Å². The number of para-hydroxylation sites is 1. The zero-order chi connectivity index (χ0) is 13.7. The molecule has 1 heterocycles. The molecule has 2 N–H and O–H groups in total. The summed E-state index contributed by atoms with van der Waals surface area (Å²) in [6.45, 7) is 1.71. The van der Waals surface area contributed by atoms with Gasteiger partial charge in [-0.3, -0.25) is 0 Å². The van der Waals surface area contributed by atoms with E-state index >= 15 is 0 Å². The Morgan fingerprint density at radius 2 is 1.89 bits per heavy atom. The number of hydrogen-bond donors (Lipinski definition) is 1. The van der Waals surface area contributed by atoms with Crippen LogP contribution in [0.5, 0.6) is 0 Å². The third kappa shape index (κ3) is 3.38. The highest BCUT2D eigenvalue weighted by atomic mass is 15.1. The zero-order valence-corrected chi connectivity index (χ0v) is 11.8. The number of nitrogens with zero attached hydrogens (tertiary/aromatic N) is 2. The highest BCUT2D eigenvalue weighted by Crippen LogP contribution is 2.23. The van der Waals surface area contributed by atoms with Crippen LogP contribution in [-0.4, -0.2) is 24.7 Å². The SMILES string of the molecule is CN(CC(CCN)c1cccn1C)c1ccccc1. The Morgan fingerprint density at radius 1 is 1.16 bits per heavy atom. The molecule has 102 valence electrons. The van der Waals surface area contributed by atoms with Gasteiger partial charge in [0, 0.05) is 44.1 Å². The molecular weight excluding hydrogens is 234 g/mol. The molecule has 0 spiro atoms. The molecule has 0 aliphatic carbocycles. The van der Waals surface area contributed by atoms with Crippen molar-refractivity contribution < 1.29 is 0 Å². The number of nitrogens with two attached hydrogens (primary N) is 1. The van der Waals surface area contributed by atoms with E-state index in [0.717, 1.165) is 19.5 Å². The van der Waals surface area contributed by atoms with Crippen LogP contribution in [0.4, 0.5) is 5.69 Å². The van der Waals surface area contributed by atoms with Crippen LogP contribution < -0.4 is 10.6 Å². The Bertz CT molecular complexity index is 490. The molecule has 19 heavy (non-hydrogen) atoms. The van der Waals surface area contributed by atoms with E-state index in [2.05, 4.69) is 66.2 Å². The highest BCUT2D eigenvalue weighted by molar-refractivity contribution is 5.45. The molecule has 1 aromatic heterocycles. The van der Waals surface area contributed by atoms with Crippen molar-refractivity contribution in [2.24, 2.45) is 12.8 Å². The minimum absolute atomic E-state index is 0.468. The van der Waals surface area contributed by atoms with Gasteiger partial charge < -0.3 is 15.2 Å². The Balaban J connectivity index is 2.11. The van der Waals surface area contributed by atoms with Gasteiger partial charge >= 0.3 is 0 Å². The molecule has 0 aliphatic heterocycles. The number of hydrogen-bond acceptors (Lipinski definition) is 2. The van der Waals surface area contributed by atoms with Crippen LogP contribution in [0.15, 0.2) is 48.7 Å². The molecule has 0 amide bonds. The molecule has 1 aromatic carbocycles. The van der Waals surface area contributed by atoms with E-state index in [1.807, 2.05) is 6.07 Å². The fraction of sp³-hybridized carbons (Fsp3) is 0.375. The lowest BCUT2D eigenvalue weighted by atomic mass is 10.0. The molecule has 0 fully saturated rings. The van der Waals surface area contributed by atoms with Crippen molar-refractivity contribution in [1.29, 1.82) is 0 Å². The first-order chi connectivity index (χ1) is 9.22. The van der Waals surface area contributed by atoms with Crippen LogP contribution in [0.2, 0.25) is 0 Å². The summed E-state index contributed by atoms with van der Waals surface area (Å²) >= 11 is 0. The molecule has 2 aromatic rings. The Kier molecular flexibility index (Phi) is 4.63. The summed E-state index contributed by atoms with van der Waals surface area (Å²) in [7, 11) is 4.24. The number of aromatic nitrogens is 1. The summed E-state index contributed by atoms with van der Waals surface area (Å²) in [5, 5.41) is 0. The smallest absolute Gasteiger partial charge is 0.0363 e. The molecule has 0 aliphatic rings. The minimum atomic E-state index is 0.468. The van der Waals surface area contributed by atoms with E-state index in [4.69, 9.17) is 5.73 Å². The maximum atomic E-state index is 5.77. The molecule has 0 bridgehead atoms. The van der Waals surface area contributed by atoms with Crippen molar-refractivity contribution in [1.82, 2.24) is 4.57 Å². The summed E-state index contributed by atoms with van der Waals surface area (Å²) in [5.74, 6) is 0.468. The first-order valence-corrected chi connectivity index (χ1v) is 6.80. The highest BCUT2D eigenvalue weighted by Gasteiger charge is 2.16. The second-order valence-corrected chi connectivity index (χ2v) is 5.03. The summed E-state index contributed by atoms with van der Waals surface area (Å²) < 4.78 is 2.19. The average Bonchev–Trinajstić information content (AvgIpc) is 2.85. The van der Waals surface area contributed by atoms with Crippen molar-refractivity contribution >= 4 is 5.69 Å². The summed E-state index contributed by atoms with van der Waals surface area (Å²) in [6.07, 6.45) is 3.11. The van der Waals surface area contributed by atoms with Gasteiger partial charge in [0.05, 0.1) is 0 Å². The van der Waals surface area contributed by atoms with Crippen molar-refractivity contribution in [3.05, 3.63) is 54.4 Å². The van der Waals surface area contributed by atoms with Gasteiger partial charge in [-0.25, -0.2) is 0 Å². The first kappa shape index (κ1) is 13.7. The van der Waals surface area contributed by atoms with E-state index < -0.39 is 0 Å². The second kappa shape index (κ2) is 6.43. The quantitative estimate of drug-likeness (QED) is 0.863. The largest absolute Gasteiger partial charge is 0.374 e. The summed E-state index contributed by atoms with van der Waals surface area (Å²) in [4.78, 5) is 2.30. The summed E-state index contributed by atoms with van der Waals surface area (Å²) in [5.41, 5.74) is 8.38. The maximum Gasteiger partial charge on any atom is 0.0363 e. The predicted octanol–water partition coefficient (Wildman–Crippen LogP) is 2.59. The number of benzene rings is 1. The van der Waals surface area contributed by atoms with Crippen LogP contribution in [-0.2, 0) is 7.05 Å². The molecule has 1 unspecified atom stereocenters. The Morgan fingerprint density at radius 3 is 2.47 bits per heavy atom. The van der Waals surface area contributed by atoms with E-state index in [1.54, 1.807) is 0 Å². The van der Waals surface area contributed by atoms with Crippen molar-refractivity contribution in [2.75, 3.05) is 25.0 Å². The van der Waals surface area contributed by atoms with Gasteiger partial charge in [-0.1, -0.05) is 18.2 Å². The monoisotopic (exact) mass is 257 g/mol. The predicted molar refractivity (Wildman–Crippen MR) is 81.5 cm³/mol. The normalized spacial score (nSPS) is 12.4. The Hall–Kier alpha value is -1.74. The minimum Gasteiger partial charge on any atom is -0.374 e. The summed E-state index contributed by atoms with van der Waals surface area (Å²) in [6, 6.07) is 14.8. The van der Waals surface area contributed by atoms with Gasteiger partial charge in [0.2, 0.25) is 0 Å². The molecule has 1 atom stereocenters. The topological polar surface area (TPSA) is 34.2 Å². The van der Waals surface area contributed by atoms with Gasteiger partial charge in [-0.15, -0.1) is 0 Å². The molecule has 3 heteroatoms. The number of rotatable bonds is 6. The average molecular weight is 257 g/mol. The molecule has 0 saturated carbocycles. The first-order valence-electron chi connectivity index (χ1n) is 6.80. The van der Waals surface area contributed by atoms with E-state index in [9.17, 15) is 0 Å². The Labute approximate surface area is 115 Å². The lowest BCUT2D eigenvalue weighted by Crippen LogP contribution is -2.26. The maximum absolute atomic E-state index is 5.77. The van der Waals surface area contributed by atoms with E-state index in [1.165, 1.54) is 11.4 Å². The lowest BCUT2D eigenvalue weighted by molar-refractivity contribution is 0.587. The van der Waals surface area contributed by atoms with Crippen molar-refractivity contribution in [3.63, 3.8) is 0 Å². The van der Waals surface area contributed by atoms with Crippen LogP contribution in [0.1, 0.15) is 18.0 Å². The van der Waals surface area contributed by atoms with Crippen LogP contribution in [0.3, 0.4) is 0 Å². The standard InChI is InChI=1S/C16H23N3/c1-18-12-6-9-16(18)14(10-11-17)13-19(2)15-7-4-3-5-8-15/h3-9,12,14H,10-11,13,17H2,1-2H3. The van der Waals surface area contributed by atoms with Gasteiger partial charge in [0.15, 0.2) is 0 Å². The van der Waals surface area contributed by atoms with Gasteiger partial charge in [-0.2, -0.15) is 0 Å². The fourth-order valence-electron chi connectivity index (χ4n) is 2.55. The van der Waals surface area contributed by atoms with Crippen molar-refractivity contribution in [3.8, 4) is 0 Å².